The molecule has 3 rings (SSSR count). The minimum Gasteiger partial charge on any atom is -0.451 e. The third kappa shape index (κ3) is 3.27. The topological polar surface area (TPSA) is 62.5 Å². The fourth-order valence-electron chi connectivity index (χ4n) is 3.06. The zero-order valence-corrected chi connectivity index (χ0v) is 12.0. The van der Waals surface area contributed by atoms with Crippen LogP contribution >= 0.6 is 0 Å². The number of aliphatic hydroxyl groups excluding tert-OH is 1. The minimum atomic E-state index is -0.460. The summed E-state index contributed by atoms with van der Waals surface area (Å²) in [5, 5.41) is 13.9. The van der Waals surface area contributed by atoms with Crippen LogP contribution in [0.3, 0.4) is 0 Å². The molecule has 1 atom stereocenters. The standard InChI is InChI=1S/C17H21NO3/c19-14(12-6-2-1-3-7-12)11-18-17(20)16-10-13-8-4-5-9-15(13)21-16/h4-5,8-10,12,14,19H,1-3,6-7,11H2,(H,18,20). The molecule has 0 radical (unpaired) electrons. The highest BCUT2D eigenvalue weighted by Crippen LogP contribution is 2.26. The van der Waals surface area contributed by atoms with Crippen molar-refractivity contribution in [1.82, 2.24) is 5.32 Å². The van der Waals surface area contributed by atoms with Gasteiger partial charge in [0.05, 0.1) is 6.10 Å². The first kappa shape index (κ1) is 14.1. The van der Waals surface area contributed by atoms with E-state index >= 15 is 0 Å². The second kappa shape index (κ2) is 6.31. The second-order valence-electron chi connectivity index (χ2n) is 5.82. The third-order valence-corrected chi connectivity index (χ3v) is 4.32. The van der Waals surface area contributed by atoms with Crippen molar-refractivity contribution in [2.45, 2.75) is 38.2 Å². The Labute approximate surface area is 124 Å². The maximum Gasteiger partial charge on any atom is 0.287 e. The monoisotopic (exact) mass is 287 g/mol. The van der Waals surface area contributed by atoms with Gasteiger partial charge in [-0.25, -0.2) is 0 Å². The number of nitrogens with one attached hydrogen (secondary N) is 1. The number of furan rings is 1. The molecule has 21 heavy (non-hydrogen) atoms. The van der Waals surface area contributed by atoms with Gasteiger partial charge in [-0.1, -0.05) is 37.5 Å². The maximum atomic E-state index is 12.1. The van der Waals surface area contributed by atoms with Gasteiger partial charge in [-0.2, -0.15) is 0 Å². The Hall–Kier alpha value is -1.81. The van der Waals surface area contributed by atoms with E-state index in [1.165, 1.54) is 19.3 Å². The predicted octanol–water partition coefficient (Wildman–Crippen LogP) is 3.10. The fraction of sp³-hybridized carbons (Fsp3) is 0.471. The van der Waals surface area contributed by atoms with E-state index in [0.29, 0.717) is 23.8 Å². The molecule has 1 heterocycles. The van der Waals surface area contributed by atoms with Gasteiger partial charge in [0.2, 0.25) is 0 Å². The first-order valence-corrected chi connectivity index (χ1v) is 7.69. The van der Waals surface area contributed by atoms with Crippen molar-refractivity contribution in [2.24, 2.45) is 5.92 Å². The van der Waals surface area contributed by atoms with Crippen LogP contribution in [0, 0.1) is 5.92 Å². The quantitative estimate of drug-likeness (QED) is 0.908. The van der Waals surface area contributed by atoms with Gasteiger partial charge in [0.1, 0.15) is 5.58 Å². The number of para-hydroxylation sites is 1. The van der Waals surface area contributed by atoms with Crippen LogP contribution in [-0.4, -0.2) is 23.7 Å². The Morgan fingerprint density at radius 1 is 1.29 bits per heavy atom. The molecule has 4 nitrogen and oxygen atoms in total. The molecule has 2 N–H and O–H groups in total. The first-order chi connectivity index (χ1) is 10.2. The van der Waals surface area contributed by atoms with E-state index in [4.69, 9.17) is 4.42 Å². The fourth-order valence-corrected chi connectivity index (χ4v) is 3.06. The molecule has 0 bridgehead atoms. The molecule has 1 unspecified atom stereocenters. The zero-order valence-electron chi connectivity index (χ0n) is 12.0. The minimum absolute atomic E-state index is 0.263. The summed E-state index contributed by atoms with van der Waals surface area (Å²) in [4.78, 5) is 12.1. The summed E-state index contributed by atoms with van der Waals surface area (Å²) in [5.74, 6) is 0.350. The number of hydrogen-bond donors (Lipinski definition) is 2. The molecule has 112 valence electrons. The lowest BCUT2D eigenvalue weighted by Gasteiger charge is -2.26. The molecule has 1 fully saturated rings. The van der Waals surface area contributed by atoms with Crippen molar-refractivity contribution in [3.63, 3.8) is 0 Å². The number of rotatable bonds is 4. The van der Waals surface area contributed by atoms with Gasteiger partial charge in [0.15, 0.2) is 5.76 Å². The van der Waals surface area contributed by atoms with Crippen LogP contribution in [0.15, 0.2) is 34.7 Å². The number of fused-ring (bicyclic) bond motifs is 1. The highest BCUT2D eigenvalue weighted by molar-refractivity contribution is 5.96. The number of carbonyl (C=O) groups is 1. The van der Waals surface area contributed by atoms with E-state index in [1.54, 1.807) is 6.07 Å². The average Bonchev–Trinajstić information content (AvgIpc) is 2.97. The summed E-state index contributed by atoms with van der Waals surface area (Å²) in [6.45, 7) is 0.292. The molecule has 0 spiro atoms. The lowest BCUT2D eigenvalue weighted by atomic mass is 9.85. The molecule has 1 aliphatic carbocycles. The average molecular weight is 287 g/mol. The Balaban J connectivity index is 1.58. The van der Waals surface area contributed by atoms with Gasteiger partial charge in [0, 0.05) is 11.9 Å². The van der Waals surface area contributed by atoms with E-state index in [9.17, 15) is 9.90 Å². The Morgan fingerprint density at radius 2 is 2.05 bits per heavy atom. The lowest BCUT2D eigenvalue weighted by molar-refractivity contribution is 0.0725. The molecule has 1 aromatic heterocycles. The molecular formula is C17H21NO3. The molecular weight excluding hydrogens is 266 g/mol. The van der Waals surface area contributed by atoms with Crippen LogP contribution < -0.4 is 5.32 Å². The van der Waals surface area contributed by atoms with E-state index in [2.05, 4.69) is 5.32 Å². The first-order valence-electron chi connectivity index (χ1n) is 7.69. The third-order valence-electron chi connectivity index (χ3n) is 4.32. The Bertz CT molecular complexity index is 580. The van der Waals surface area contributed by atoms with Crippen molar-refractivity contribution in [3.8, 4) is 0 Å². The van der Waals surface area contributed by atoms with Crippen LogP contribution in [0.25, 0.3) is 11.0 Å². The molecule has 0 saturated heterocycles. The number of benzene rings is 1. The summed E-state index contributed by atoms with van der Waals surface area (Å²) in [6.07, 6.45) is 5.27. The van der Waals surface area contributed by atoms with Gasteiger partial charge < -0.3 is 14.8 Å². The van der Waals surface area contributed by atoms with Crippen LogP contribution in [0.5, 0.6) is 0 Å². The van der Waals surface area contributed by atoms with Crippen LogP contribution in [0.4, 0.5) is 0 Å². The number of aliphatic hydroxyl groups is 1. The normalized spacial score (nSPS) is 17.8. The van der Waals surface area contributed by atoms with Gasteiger partial charge >= 0.3 is 0 Å². The van der Waals surface area contributed by atoms with E-state index in [1.807, 2.05) is 24.3 Å². The molecule has 4 heteroatoms. The molecule has 1 aliphatic rings. The van der Waals surface area contributed by atoms with Crippen molar-refractivity contribution < 1.29 is 14.3 Å². The SMILES string of the molecule is O=C(NCC(O)C1CCCCC1)c1cc2ccccc2o1. The predicted molar refractivity (Wildman–Crippen MR) is 81.1 cm³/mol. The van der Waals surface area contributed by atoms with E-state index in [0.717, 1.165) is 18.2 Å². The zero-order chi connectivity index (χ0) is 14.7. The summed E-state index contributed by atoms with van der Waals surface area (Å²) in [6, 6.07) is 9.26. The number of carbonyl (C=O) groups excluding carboxylic acids is 1. The number of hydrogen-bond acceptors (Lipinski definition) is 3. The highest BCUT2D eigenvalue weighted by atomic mass is 16.3. The van der Waals surface area contributed by atoms with Gasteiger partial charge in [-0.05, 0) is 30.9 Å². The van der Waals surface area contributed by atoms with Crippen molar-refractivity contribution >= 4 is 16.9 Å². The summed E-state index contributed by atoms with van der Waals surface area (Å²) in [7, 11) is 0. The second-order valence-corrected chi connectivity index (χ2v) is 5.82. The summed E-state index contributed by atoms with van der Waals surface area (Å²) >= 11 is 0. The molecule has 1 amide bonds. The van der Waals surface area contributed by atoms with E-state index in [-0.39, 0.29) is 5.91 Å². The molecule has 0 aliphatic heterocycles. The van der Waals surface area contributed by atoms with E-state index < -0.39 is 6.10 Å². The van der Waals surface area contributed by atoms with Gasteiger partial charge in [-0.15, -0.1) is 0 Å². The van der Waals surface area contributed by atoms with Crippen LogP contribution in [-0.2, 0) is 0 Å². The highest BCUT2D eigenvalue weighted by Gasteiger charge is 2.22. The summed E-state index contributed by atoms with van der Waals surface area (Å²) < 4.78 is 5.51. The van der Waals surface area contributed by atoms with Crippen LogP contribution in [0.2, 0.25) is 0 Å². The van der Waals surface area contributed by atoms with Crippen molar-refractivity contribution in [3.05, 3.63) is 36.1 Å². The smallest absolute Gasteiger partial charge is 0.287 e. The summed E-state index contributed by atoms with van der Waals surface area (Å²) in [5.41, 5.74) is 0.704. The Kier molecular flexibility index (Phi) is 4.25. The van der Waals surface area contributed by atoms with Crippen molar-refractivity contribution in [1.29, 1.82) is 0 Å². The van der Waals surface area contributed by atoms with Crippen LogP contribution in [0.1, 0.15) is 42.7 Å². The molecule has 2 aromatic rings. The molecule has 1 saturated carbocycles. The largest absolute Gasteiger partial charge is 0.451 e. The van der Waals surface area contributed by atoms with Crippen molar-refractivity contribution in [2.75, 3.05) is 6.54 Å². The number of amides is 1. The lowest BCUT2D eigenvalue weighted by Crippen LogP contribution is -2.36. The van der Waals surface area contributed by atoms with Gasteiger partial charge in [0.25, 0.3) is 5.91 Å². The van der Waals surface area contributed by atoms with Gasteiger partial charge in [-0.3, -0.25) is 4.79 Å². The maximum absolute atomic E-state index is 12.1. The Morgan fingerprint density at radius 3 is 2.81 bits per heavy atom. The molecule has 1 aromatic carbocycles.